The zero-order valence-electron chi connectivity index (χ0n) is 16.8. The van der Waals surface area contributed by atoms with Crippen molar-refractivity contribution < 1.29 is 5.11 Å². The Morgan fingerprint density at radius 3 is 2.57 bits per heavy atom. The highest BCUT2D eigenvalue weighted by Gasteiger charge is 2.19. The van der Waals surface area contributed by atoms with Gasteiger partial charge in [0.15, 0.2) is 5.11 Å². The van der Waals surface area contributed by atoms with Gasteiger partial charge in [-0.3, -0.25) is 10.3 Å². The second-order valence-electron chi connectivity index (χ2n) is 7.60. The van der Waals surface area contributed by atoms with Gasteiger partial charge in [0, 0.05) is 31.2 Å². The van der Waals surface area contributed by atoms with Gasteiger partial charge in [0.05, 0.1) is 6.21 Å². The molecule has 0 saturated carbocycles. The second kappa shape index (κ2) is 9.69. The summed E-state index contributed by atoms with van der Waals surface area (Å²) in [6.07, 6.45) is 3.71. The first kappa shape index (κ1) is 20.3. The first-order chi connectivity index (χ1) is 14.7. The summed E-state index contributed by atoms with van der Waals surface area (Å²) in [5.74, 6) is 0.198. The molecule has 0 atom stereocenters. The van der Waals surface area contributed by atoms with Gasteiger partial charge in [-0.2, -0.15) is 5.10 Å². The van der Waals surface area contributed by atoms with Gasteiger partial charge in [0.25, 0.3) is 0 Å². The minimum Gasteiger partial charge on any atom is -0.507 e. The molecule has 1 fully saturated rings. The van der Waals surface area contributed by atoms with E-state index in [1.807, 2.05) is 30.3 Å². The SMILES string of the molecule is Oc1ccc2ccccc2c1/C=N/NC(=S)NC1CCN(Cc2ccccc2)CC1. The monoisotopic (exact) mass is 418 g/mol. The minimum absolute atomic E-state index is 0.198. The van der Waals surface area contributed by atoms with Crippen molar-refractivity contribution in [3.05, 3.63) is 77.9 Å². The number of hydrogen-bond acceptors (Lipinski definition) is 4. The molecule has 0 spiro atoms. The van der Waals surface area contributed by atoms with E-state index in [0.29, 0.717) is 16.7 Å². The predicted octanol–water partition coefficient (Wildman–Crippen LogP) is 4.01. The van der Waals surface area contributed by atoms with Gasteiger partial charge in [-0.1, -0.05) is 60.7 Å². The van der Waals surface area contributed by atoms with Gasteiger partial charge in [0.2, 0.25) is 0 Å². The molecule has 30 heavy (non-hydrogen) atoms. The number of fused-ring (bicyclic) bond motifs is 1. The maximum absolute atomic E-state index is 10.2. The van der Waals surface area contributed by atoms with Crippen molar-refractivity contribution in [1.29, 1.82) is 0 Å². The zero-order chi connectivity index (χ0) is 20.8. The topological polar surface area (TPSA) is 59.9 Å². The highest BCUT2D eigenvalue weighted by molar-refractivity contribution is 7.80. The van der Waals surface area contributed by atoms with Crippen LogP contribution in [0.25, 0.3) is 10.8 Å². The molecule has 6 heteroatoms. The molecule has 5 nitrogen and oxygen atoms in total. The van der Waals surface area contributed by atoms with Crippen LogP contribution in [0.1, 0.15) is 24.0 Å². The number of piperidine rings is 1. The molecular formula is C24H26N4OS. The number of hydrazone groups is 1. The summed E-state index contributed by atoms with van der Waals surface area (Å²) in [6, 6.07) is 22.4. The van der Waals surface area contributed by atoms with Gasteiger partial charge in [0.1, 0.15) is 5.75 Å². The minimum atomic E-state index is 0.198. The molecule has 0 aromatic heterocycles. The molecule has 1 heterocycles. The Balaban J connectivity index is 1.26. The van der Waals surface area contributed by atoms with E-state index >= 15 is 0 Å². The first-order valence-electron chi connectivity index (χ1n) is 10.3. The van der Waals surface area contributed by atoms with E-state index in [1.54, 1.807) is 12.3 Å². The normalized spacial score (nSPS) is 15.5. The number of rotatable bonds is 5. The molecule has 0 aliphatic carbocycles. The van der Waals surface area contributed by atoms with Crippen molar-refractivity contribution in [2.24, 2.45) is 5.10 Å². The van der Waals surface area contributed by atoms with Crippen molar-refractivity contribution in [3.63, 3.8) is 0 Å². The Morgan fingerprint density at radius 1 is 1.03 bits per heavy atom. The number of benzene rings is 3. The lowest BCUT2D eigenvalue weighted by molar-refractivity contribution is 0.199. The van der Waals surface area contributed by atoms with E-state index in [2.05, 4.69) is 51.1 Å². The lowest BCUT2D eigenvalue weighted by Gasteiger charge is -2.32. The largest absolute Gasteiger partial charge is 0.507 e. The third kappa shape index (κ3) is 5.14. The van der Waals surface area contributed by atoms with Crippen molar-refractivity contribution in [2.75, 3.05) is 13.1 Å². The smallest absolute Gasteiger partial charge is 0.187 e. The Kier molecular flexibility index (Phi) is 6.57. The lowest BCUT2D eigenvalue weighted by atomic mass is 10.0. The van der Waals surface area contributed by atoms with Crippen LogP contribution in [-0.2, 0) is 6.54 Å². The number of thiocarbonyl (C=S) groups is 1. The Labute approximate surface area is 182 Å². The highest BCUT2D eigenvalue weighted by atomic mass is 32.1. The molecule has 3 aromatic carbocycles. The molecule has 4 rings (SSSR count). The number of hydrogen-bond donors (Lipinski definition) is 3. The highest BCUT2D eigenvalue weighted by Crippen LogP contribution is 2.25. The van der Waals surface area contributed by atoms with Crippen molar-refractivity contribution in [1.82, 2.24) is 15.6 Å². The van der Waals surface area contributed by atoms with Crippen molar-refractivity contribution >= 4 is 34.3 Å². The average Bonchev–Trinajstić information content (AvgIpc) is 2.77. The van der Waals surface area contributed by atoms with Crippen LogP contribution in [0.2, 0.25) is 0 Å². The van der Waals surface area contributed by atoms with Crippen LogP contribution in [0, 0.1) is 0 Å². The van der Waals surface area contributed by atoms with Gasteiger partial charge in [-0.15, -0.1) is 0 Å². The number of nitrogens with zero attached hydrogens (tertiary/aromatic N) is 2. The predicted molar refractivity (Wildman–Crippen MR) is 127 cm³/mol. The maximum Gasteiger partial charge on any atom is 0.187 e. The number of aromatic hydroxyl groups is 1. The van der Waals surface area contributed by atoms with Crippen LogP contribution in [0.5, 0.6) is 5.75 Å². The molecule has 154 valence electrons. The standard InChI is InChI=1S/C24H26N4OS/c29-23-11-10-19-8-4-5-9-21(19)22(23)16-25-27-24(30)26-20-12-14-28(15-13-20)17-18-6-2-1-3-7-18/h1-11,16,20,29H,12-15,17H2,(H2,26,27,30)/b25-16+. The Hall–Kier alpha value is -2.96. The third-order valence-electron chi connectivity index (χ3n) is 5.48. The van der Waals surface area contributed by atoms with E-state index in [-0.39, 0.29) is 5.75 Å². The molecule has 0 bridgehead atoms. The maximum atomic E-state index is 10.2. The van der Waals surface area contributed by atoms with Crippen LogP contribution >= 0.6 is 12.2 Å². The first-order valence-corrected chi connectivity index (χ1v) is 10.7. The molecule has 0 unspecified atom stereocenters. The molecule has 1 aliphatic rings. The van der Waals surface area contributed by atoms with Crippen molar-refractivity contribution in [2.45, 2.75) is 25.4 Å². The summed E-state index contributed by atoms with van der Waals surface area (Å²) >= 11 is 5.40. The number of nitrogens with one attached hydrogen (secondary N) is 2. The quantitative estimate of drug-likeness (QED) is 0.332. The Morgan fingerprint density at radius 2 is 1.77 bits per heavy atom. The van der Waals surface area contributed by atoms with Crippen LogP contribution < -0.4 is 10.7 Å². The summed E-state index contributed by atoms with van der Waals surface area (Å²) in [4.78, 5) is 2.48. The summed E-state index contributed by atoms with van der Waals surface area (Å²) in [7, 11) is 0. The van der Waals surface area contributed by atoms with E-state index in [4.69, 9.17) is 12.2 Å². The fraction of sp³-hybridized carbons (Fsp3) is 0.250. The molecule has 1 aliphatic heterocycles. The molecule has 3 aromatic rings. The second-order valence-corrected chi connectivity index (χ2v) is 8.01. The van der Waals surface area contributed by atoms with Gasteiger partial charge < -0.3 is 10.4 Å². The molecule has 1 saturated heterocycles. The molecule has 0 radical (unpaired) electrons. The fourth-order valence-corrected chi connectivity index (χ4v) is 4.09. The van der Waals surface area contributed by atoms with E-state index in [1.165, 1.54) is 5.56 Å². The van der Waals surface area contributed by atoms with Gasteiger partial charge in [-0.25, -0.2) is 0 Å². The average molecular weight is 419 g/mol. The summed E-state index contributed by atoms with van der Waals surface area (Å²) < 4.78 is 0. The zero-order valence-corrected chi connectivity index (χ0v) is 17.6. The molecular weight excluding hydrogens is 392 g/mol. The summed E-state index contributed by atoms with van der Waals surface area (Å²) in [5, 5.41) is 20.3. The van der Waals surface area contributed by atoms with E-state index < -0.39 is 0 Å². The van der Waals surface area contributed by atoms with Gasteiger partial charge >= 0.3 is 0 Å². The summed E-state index contributed by atoms with van der Waals surface area (Å²) in [6.45, 7) is 3.08. The number of likely N-dealkylation sites (tertiary alicyclic amines) is 1. The molecule has 3 N–H and O–H groups in total. The van der Waals surface area contributed by atoms with E-state index in [0.717, 1.165) is 43.2 Å². The van der Waals surface area contributed by atoms with Crippen LogP contribution in [0.4, 0.5) is 0 Å². The van der Waals surface area contributed by atoms with Gasteiger partial charge in [-0.05, 0) is 47.5 Å². The van der Waals surface area contributed by atoms with Crippen LogP contribution in [0.3, 0.4) is 0 Å². The number of phenolic OH excluding ortho intramolecular Hbond substituents is 1. The third-order valence-corrected chi connectivity index (χ3v) is 5.69. The lowest BCUT2D eigenvalue weighted by Crippen LogP contribution is -2.46. The fourth-order valence-electron chi connectivity index (χ4n) is 3.87. The van der Waals surface area contributed by atoms with E-state index in [9.17, 15) is 5.11 Å². The number of phenols is 1. The van der Waals surface area contributed by atoms with Crippen LogP contribution in [0.15, 0.2) is 71.8 Å². The van der Waals surface area contributed by atoms with Crippen molar-refractivity contribution in [3.8, 4) is 5.75 Å². The molecule has 0 amide bonds. The van der Waals surface area contributed by atoms with Crippen LogP contribution in [-0.4, -0.2) is 40.5 Å². The Bertz CT molecular complexity index is 1030. The summed E-state index contributed by atoms with van der Waals surface area (Å²) in [5.41, 5.74) is 4.92.